The Balaban J connectivity index is 1.99. The number of amides is 1. The van der Waals surface area contributed by atoms with Crippen LogP contribution in [0.5, 0.6) is 0 Å². The van der Waals surface area contributed by atoms with E-state index in [0.29, 0.717) is 21.4 Å². The van der Waals surface area contributed by atoms with Crippen molar-refractivity contribution < 1.29 is 14.3 Å². The van der Waals surface area contributed by atoms with Crippen molar-refractivity contribution in [2.75, 3.05) is 12.9 Å². The van der Waals surface area contributed by atoms with Crippen LogP contribution in [0.3, 0.4) is 0 Å². The lowest BCUT2D eigenvalue weighted by atomic mass is 10.1. The lowest BCUT2D eigenvalue weighted by Crippen LogP contribution is -2.43. The third kappa shape index (κ3) is 3.78. The van der Waals surface area contributed by atoms with Crippen molar-refractivity contribution in [2.45, 2.75) is 11.4 Å². The van der Waals surface area contributed by atoms with Crippen molar-refractivity contribution in [3.63, 3.8) is 0 Å². The van der Waals surface area contributed by atoms with Gasteiger partial charge in [0.05, 0.1) is 7.11 Å². The Labute approximate surface area is 160 Å². The summed E-state index contributed by atoms with van der Waals surface area (Å²) < 4.78 is 4.88. The average Bonchev–Trinajstić information content (AvgIpc) is 3.06. The van der Waals surface area contributed by atoms with Gasteiger partial charge in [0, 0.05) is 21.4 Å². The van der Waals surface area contributed by atoms with Crippen molar-refractivity contribution in [3.8, 4) is 0 Å². The first-order valence-electron chi connectivity index (χ1n) is 7.54. The topological polar surface area (TPSA) is 46.6 Å². The number of halogens is 2. The van der Waals surface area contributed by atoms with Crippen LogP contribution in [-0.2, 0) is 9.53 Å². The number of hydrogen-bond donors (Lipinski definition) is 0. The number of carbonyl (C=O) groups is 2. The van der Waals surface area contributed by atoms with Gasteiger partial charge in [-0.25, -0.2) is 4.79 Å². The fourth-order valence-corrected chi connectivity index (χ4v) is 4.46. The Bertz CT molecular complexity index is 797. The Kier molecular flexibility index (Phi) is 5.57. The summed E-state index contributed by atoms with van der Waals surface area (Å²) in [6, 6.07) is 13.3. The van der Waals surface area contributed by atoms with Gasteiger partial charge in [0.1, 0.15) is 11.4 Å². The minimum atomic E-state index is -0.651. The predicted octanol–water partition coefficient (Wildman–Crippen LogP) is 4.42. The Morgan fingerprint density at radius 3 is 2.48 bits per heavy atom. The number of ether oxygens (including phenoxy) is 1. The van der Waals surface area contributed by atoms with Crippen molar-refractivity contribution >= 4 is 46.8 Å². The largest absolute Gasteiger partial charge is 0.467 e. The third-order valence-electron chi connectivity index (χ3n) is 3.93. The molecule has 2 aromatic rings. The molecule has 3 rings (SSSR count). The van der Waals surface area contributed by atoms with Crippen LogP contribution in [0.25, 0.3) is 0 Å². The van der Waals surface area contributed by atoms with Crippen LogP contribution in [0.2, 0.25) is 10.0 Å². The molecular formula is C18H15Cl2NO3S. The van der Waals surface area contributed by atoms with Crippen molar-refractivity contribution in [1.29, 1.82) is 0 Å². The zero-order valence-electron chi connectivity index (χ0n) is 13.3. The molecule has 4 nitrogen and oxygen atoms in total. The second-order valence-corrected chi connectivity index (χ2v) is 7.49. The molecular weight excluding hydrogens is 381 g/mol. The Hall–Kier alpha value is -1.69. The summed E-state index contributed by atoms with van der Waals surface area (Å²) in [6.45, 7) is 0. The van der Waals surface area contributed by atoms with Gasteiger partial charge >= 0.3 is 5.97 Å². The second kappa shape index (κ2) is 7.68. The van der Waals surface area contributed by atoms with Gasteiger partial charge in [-0.05, 0) is 42.0 Å². The number of rotatable bonds is 3. The zero-order valence-corrected chi connectivity index (χ0v) is 15.6. The first kappa shape index (κ1) is 18.1. The average molecular weight is 396 g/mol. The molecule has 2 aromatic carbocycles. The normalized spacial score (nSPS) is 19.7. The Morgan fingerprint density at radius 1 is 1.12 bits per heavy atom. The monoisotopic (exact) mass is 395 g/mol. The van der Waals surface area contributed by atoms with Gasteiger partial charge in [0.15, 0.2) is 0 Å². The van der Waals surface area contributed by atoms with Gasteiger partial charge in [-0.1, -0.05) is 35.3 Å². The first-order chi connectivity index (χ1) is 12.0. The van der Waals surface area contributed by atoms with Crippen LogP contribution in [-0.4, -0.2) is 35.7 Å². The molecule has 0 saturated carbocycles. The second-order valence-electron chi connectivity index (χ2n) is 5.50. The standard InChI is InChI=1S/C18H15Cl2NO3S/c1-24-18(23)15-10-25-17(12-3-2-4-14(20)9-12)21(15)16(22)11-5-7-13(19)8-6-11/h2-9,15,17H,10H2,1H3. The highest BCUT2D eigenvalue weighted by atomic mass is 35.5. The molecule has 0 bridgehead atoms. The highest BCUT2D eigenvalue weighted by Crippen LogP contribution is 2.43. The molecule has 1 amide bonds. The number of hydrogen-bond acceptors (Lipinski definition) is 4. The van der Waals surface area contributed by atoms with E-state index in [-0.39, 0.29) is 11.3 Å². The highest BCUT2D eigenvalue weighted by Gasteiger charge is 2.43. The van der Waals surface area contributed by atoms with Crippen molar-refractivity contribution in [2.24, 2.45) is 0 Å². The van der Waals surface area contributed by atoms with E-state index in [1.165, 1.54) is 18.9 Å². The summed E-state index contributed by atoms with van der Waals surface area (Å²) in [7, 11) is 1.32. The summed E-state index contributed by atoms with van der Waals surface area (Å²) in [5.41, 5.74) is 1.33. The van der Waals surface area contributed by atoms with E-state index in [1.54, 1.807) is 41.3 Å². The fraction of sp³-hybridized carbons (Fsp3) is 0.222. The number of benzene rings is 2. The summed E-state index contributed by atoms with van der Waals surface area (Å²) in [4.78, 5) is 26.8. The maximum absolute atomic E-state index is 13.1. The van der Waals surface area contributed by atoms with E-state index in [2.05, 4.69) is 0 Å². The van der Waals surface area contributed by atoms with Gasteiger partial charge in [-0.2, -0.15) is 0 Å². The molecule has 0 radical (unpaired) electrons. The molecule has 0 spiro atoms. The molecule has 2 atom stereocenters. The molecule has 1 aliphatic rings. The summed E-state index contributed by atoms with van der Waals surface area (Å²) in [5.74, 6) is -0.218. The molecule has 0 aliphatic carbocycles. The maximum atomic E-state index is 13.1. The van der Waals surface area contributed by atoms with Gasteiger partial charge in [-0.15, -0.1) is 11.8 Å². The Morgan fingerprint density at radius 2 is 1.84 bits per heavy atom. The van der Waals surface area contributed by atoms with E-state index in [4.69, 9.17) is 27.9 Å². The molecule has 0 N–H and O–H groups in total. The smallest absolute Gasteiger partial charge is 0.329 e. The number of nitrogens with zero attached hydrogens (tertiary/aromatic N) is 1. The van der Waals surface area contributed by atoms with Crippen molar-refractivity contribution in [3.05, 3.63) is 69.7 Å². The SMILES string of the molecule is COC(=O)C1CSC(c2cccc(Cl)c2)N1C(=O)c1ccc(Cl)cc1. The van der Waals surface area contributed by atoms with E-state index in [1.807, 2.05) is 12.1 Å². The summed E-state index contributed by atoms with van der Waals surface area (Å²) >= 11 is 13.5. The van der Waals surface area contributed by atoms with Gasteiger partial charge in [-0.3, -0.25) is 4.79 Å². The fourth-order valence-electron chi connectivity index (χ4n) is 2.73. The van der Waals surface area contributed by atoms with E-state index in [9.17, 15) is 9.59 Å². The molecule has 25 heavy (non-hydrogen) atoms. The summed E-state index contributed by atoms with van der Waals surface area (Å²) in [5, 5.41) is 0.813. The lowest BCUT2D eigenvalue weighted by Gasteiger charge is -2.28. The number of thioether (sulfide) groups is 1. The molecule has 7 heteroatoms. The lowest BCUT2D eigenvalue weighted by molar-refractivity contribution is -0.145. The number of esters is 1. The van der Waals surface area contributed by atoms with Crippen LogP contribution >= 0.6 is 35.0 Å². The number of carbonyl (C=O) groups excluding carboxylic acids is 2. The van der Waals surface area contributed by atoms with Crippen LogP contribution in [0, 0.1) is 0 Å². The zero-order chi connectivity index (χ0) is 18.0. The molecule has 1 fully saturated rings. The molecule has 2 unspecified atom stereocenters. The van der Waals surface area contributed by atoms with Crippen LogP contribution in [0.15, 0.2) is 48.5 Å². The first-order valence-corrected chi connectivity index (χ1v) is 9.35. The third-order valence-corrected chi connectivity index (χ3v) is 5.74. The minimum absolute atomic E-state index is 0.248. The quantitative estimate of drug-likeness (QED) is 0.721. The van der Waals surface area contributed by atoms with Crippen LogP contribution < -0.4 is 0 Å². The van der Waals surface area contributed by atoms with E-state index < -0.39 is 12.0 Å². The summed E-state index contributed by atoms with van der Waals surface area (Å²) in [6.07, 6.45) is 0. The van der Waals surface area contributed by atoms with Crippen molar-refractivity contribution in [1.82, 2.24) is 4.90 Å². The van der Waals surface area contributed by atoms with Crippen LogP contribution in [0.1, 0.15) is 21.3 Å². The maximum Gasteiger partial charge on any atom is 0.329 e. The van der Waals surface area contributed by atoms with Gasteiger partial charge in [0.25, 0.3) is 5.91 Å². The molecule has 1 heterocycles. The van der Waals surface area contributed by atoms with Gasteiger partial charge < -0.3 is 9.64 Å². The molecule has 0 aromatic heterocycles. The molecule has 130 valence electrons. The van der Waals surface area contributed by atoms with E-state index in [0.717, 1.165) is 5.56 Å². The van der Waals surface area contributed by atoms with Gasteiger partial charge in [0.2, 0.25) is 0 Å². The minimum Gasteiger partial charge on any atom is -0.467 e. The highest BCUT2D eigenvalue weighted by molar-refractivity contribution is 7.99. The molecule has 1 saturated heterocycles. The predicted molar refractivity (Wildman–Crippen MR) is 100 cm³/mol. The van der Waals surface area contributed by atoms with Crippen LogP contribution in [0.4, 0.5) is 0 Å². The van der Waals surface area contributed by atoms with E-state index >= 15 is 0 Å². The molecule has 1 aliphatic heterocycles. The number of methoxy groups -OCH3 is 1.